The summed E-state index contributed by atoms with van der Waals surface area (Å²) in [5, 5.41) is 44.1. The zero-order valence-corrected chi connectivity index (χ0v) is 55.8. The van der Waals surface area contributed by atoms with E-state index < -0.39 is 138 Å². The number of carbonyl (C=O) groups is 11. The summed E-state index contributed by atoms with van der Waals surface area (Å²) in [7, 11) is 2.02. The Morgan fingerprint density at radius 3 is 1.77 bits per heavy atom. The van der Waals surface area contributed by atoms with Crippen molar-refractivity contribution in [2.45, 2.75) is 144 Å². The van der Waals surface area contributed by atoms with Crippen LogP contribution < -0.4 is 82.7 Å². The molecule has 2 aromatic carbocycles. The van der Waals surface area contributed by atoms with E-state index in [-0.39, 0.29) is 126 Å². The molecule has 4 heterocycles. The quantitative estimate of drug-likeness (QED) is 0.0124. The lowest BCUT2D eigenvalue weighted by Crippen LogP contribution is -2.61. The van der Waals surface area contributed by atoms with Gasteiger partial charge in [0, 0.05) is 74.8 Å². The Kier molecular flexibility index (Phi) is 30.9. The maximum Gasteiger partial charge on any atom is 0.326 e. The molecule has 3 aliphatic rings. The lowest BCUT2D eigenvalue weighted by Gasteiger charge is -2.33. The van der Waals surface area contributed by atoms with Crippen molar-refractivity contribution in [3.63, 3.8) is 0 Å². The maximum atomic E-state index is 14.7. The summed E-state index contributed by atoms with van der Waals surface area (Å²) in [4.78, 5) is 170. The number of nitrogens with zero attached hydrogens (tertiary/aromatic N) is 5. The zero-order valence-electron chi connectivity index (χ0n) is 53.4. The van der Waals surface area contributed by atoms with Crippen LogP contribution in [0.4, 0.5) is 0 Å². The molecule has 0 aliphatic carbocycles. The predicted octanol–water partition coefficient (Wildman–Crippen LogP) is -4.79. The largest absolute Gasteiger partial charge is 0.480 e. The van der Waals surface area contributed by atoms with Crippen molar-refractivity contribution in [3.05, 3.63) is 94.2 Å². The number of likely N-dealkylation sites (tertiary alicyclic amines) is 2. The van der Waals surface area contributed by atoms with Gasteiger partial charge in [0.2, 0.25) is 59.1 Å². The normalized spacial score (nSPS) is 21.1. The van der Waals surface area contributed by atoms with E-state index in [0.717, 1.165) is 26.5 Å². The summed E-state index contributed by atoms with van der Waals surface area (Å²) in [6, 6.07) is 7.72. The molecule has 0 radical (unpaired) electrons. The van der Waals surface area contributed by atoms with Crippen molar-refractivity contribution in [1.29, 1.82) is 0 Å². The first kappa shape index (κ1) is 76.8. The second kappa shape index (κ2) is 39.1. The molecule has 0 saturated carbocycles. The van der Waals surface area contributed by atoms with Crippen molar-refractivity contribution in [2.75, 3.05) is 50.8 Å². The molecule has 0 bridgehead atoms. The molecule has 24 N–H and O–H groups in total. The Balaban J connectivity index is 1.18. The van der Waals surface area contributed by atoms with E-state index in [2.05, 4.69) is 57.5 Å². The van der Waals surface area contributed by atoms with Gasteiger partial charge >= 0.3 is 5.97 Å². The molecule has 528 valence electrons. The van der Waals surface area contributed by atoms with Crippen LogP contribution in [0.1, 0.15) is 73.8 Å². The number of hydrogen-bond donors (Lipinski definition) is 17. The number of carboxylic acids is 1. The second-order valence-corrected chi connectivity index (χ2v) is 26.9. The standard InChI is InChI=1S/C61H88N20O13S3/c62-38(17-7-21-69-59(63)64)49(84)74-39(18-8-22-70-60(65)66)56(91)80-24-10-20-46(80)57(92)81-31-36(82)28-47(81)55(90)72-30-48(83)73-43(29-37-16-11-25-95-37)52(87)79-45-33-97-96-32-44(53(88)75-40(58(93)94)19-9-23-71-61(67)68)78-51(86)42(27-35-14-5-2-6-15-35)76-50(85)41(77-54(45)89)26-34-12-3-1-4-13-34/h1-6,11-16,25,36,38-47,82H,7-10,17-24,26-33,62H2,(H,72,90)(H,73,83)(H,74,84)(H,75,88)(H,76,85)(H,77,89)(H,78,86)(H,79,87)(H,93,94)(H4,63,64,69)(H4,65,66,70)(H4,67,68,71)/t36-,38+,39-,40-,41+,42-,43-,44-,45-,46-,47-/m0/s1. The van der Waals surface area contributed by atoms with Crippen molar-refractivity contribution >= 4 is 116 Å². The zero-order chi connectivity index (χ0) is 70.6. The molecule has 0 unspecified atom stereocenters. The van der Waals surface area contributed by atoms with Crippen LogP contribution in [0.2, 0.25) is 0 Å². The van der Waals surface area contributed by atoms with Crippen LogP contribution in [0.3, 0.4) is 0 Å². The van der Waals surface area contributed by atoms with Crippen molar-refractivity contribution < 1.29 is 63.0 Å². The minimum absolute atomic E-state index is 0.0593. The third-order valence-corrected chi connectivity index (χ3v) is 19.1. The molecule has 3 saturated heterocycles. The van der Waals surface area contributed by atoms with Gasteiger partial charge in [0.15, 0.2) is 17.9 Å². The first-order chi connectivity index (χ1) is 46.4. The van der Waals surface area contributed by atoms with E-state index in [1.165, 1.54) is 16.2 Å². The van der Waals surface area contributed by atoms with Gasteiger partial charge < -0.3 is 103 Å². The van der Waals surface area contributed by atoms with Crippen LogP contribution in [0, 0.1) is 0 Å². The van der Waals surface area contributed by atoms with Gasteiger partial charge in [0.25, 0.3) is 0 Å². The molecule has 36 heteroatoms. The number of amides is 10. The molecule has 0 spiro atoms. The molecule has 3 aliphatic heterocycles. The highest BCUT2D eigenvalue weighted by atomic mass is 33.1. The molecule has 11 atom stereocenters. The van der Waals surface area contributed by atoms with E-state index in [0.29, 0.717) is 28.8 Å². The highest BCUT2D eigenvalue weighted by Crippen LogP contribution is 2.28. The summed E-state index contributed by atoms with van der Waals surface area (Å²) < 4.78 is 0. The fraction of sp³-hybridized carbons (Fsp3) is 0.508. The molecule has 10 amide bonds. The number of aliphatic imine (C=N–C) groups is 3. The minimum atomic E-state index is -1.45. The van der Waals surface area contributed by atoms with Crippen LogP contribution in [0.25, 0.3) is 0 Å². The Bertz CT molecular complexity index is 3270. The maximum absolute atomic E-state index is 14.7. The van der Waals surface area contributed by atoms with Crippen molar-refractivity contribution in [3.8, 4) is 0 Å². The van der Waals surface area contributed by atoms with E-state index in [4.69, 9.17) is 40.1 Å². The Morgan fingerprint density at radius 2 is 1.20 bits per heavy atom. The molecular weight excluding hydrogens is 1320 g/mol. The fourth-order valence-corrected chi connectivity index (χ4v) is 14.0. The number of rotatable bonds is 31. The van der Waals surface area contributed by atoms with E-state index >= 15 is 0 Å². The van der Waals surface area contributed by atoms with Crippen LogP contribution in [-0.2, 0) is 72.0 Å². The number of aliphatic carboxylic acids is 1. The van der Waals surface area contributed by atoms with Gasteiger partial charge in [-0.1, -0.05) is 88.3 Å². The number of carboxylic acid groups (broad SMARTS) is 1. The molecule has 3 fully saturated rings. The number of β-amino-alcohol motifs (C(OH)–C–C–N with tert-alkyl or cyclic N) is 1. The highest BCUT2D eigenvalue weighted by Gasteiger charge is 2.46. The van der Waals surface area contributed by atoms with Gasteiger partial charge in [-0.2, -0.15) is 0 Å². The number of hydrogen-bond acceptors (Lipinski definition) is 19. The topological polar surface area (TPSA) is 550 Å². The number of nitrogens with one attached hydrogen (secondary N) is 8. The number of carbonyl (C=O) groups excluding carboxylic acids is 10. The Hall–Kier alpha value is -9.26. The number of aliphatic hydroxyl groups excluding tert-OH is 1. The molecular formula is C61H88N20O13S3. The summed E-state index contributed by atoms with van der Waals surface area (Å²) in [5.41, 5.74) is 40.1. The van der Waals surface area contributed by atoms with E-state index in [1.807, 2.05) is 0 Å². The Morgan fingerprint density at radius 1 is 0.629 bits per heavy atom. The molecule has 3 aromatic rings. The van der Waals surface area contributed by atoms with Gasteiger partial charge in [-0.15, -0.1) is 11.3 Å². The van der Waals surface area contributed by atoms with Crippen LogP contribution in [0.15, 0.2) is 93.2 Å². The first-order valence-corrected chi connectivity index (χ1v) is 34.9. The third-order valence-electron chi connectivity index (χ3n) is 15.8. The van der Waals surface area contributed by atoms with Crippen LogP contribution in [-0.4, -0.2) is 220 Å². The molecule has 97 heavy (non-hydrogen) atoms. The second-order valence-electron chi connectivity index (χ2n) is 23.3. The van der Waals surface area contributed by atoms with Gasteiger partial charge in [-0.25, -0.2) is 4.79 Å². The summed E-state index contributed by atoms with van der Waals surface area (Å²) >= 11 is 1.27. The average molecular weight is 1410 g/mol. The summed E-state index contributed by atoms with van der Waals surface area (Å²) in [6.07, 6.45) is -0.191. The van der Waals surface area contributed by atoms with Gasteiger partial charge in [-0.3, -0.25) is 62.9 Å². The third kappa shape index (κ3) is 25.4. The Labute approximate surface area is 572 Å². The number of guanidine groups is 3. The monoisotopic (exact) mass is 1400 g/mol. The smallest absolute Gasteiger partial charge is 0.326 e. The molecule has 6 rings (SSSR count). The van der Waals surface area contributed by atoms with Gasteiger partial charge in [-0.05, 0) is 73.9 Å². The lowest BCUT2D eigenvalue weighted by atomic mass is 10.0. The van der Waals surface area contributed by atoms with Crippen LogP contribution in [0.5, 0.6) is 0 Å². The van der Waals surface area contributed by atoms with E-state index in [9.17, 15) is 63.0 Å². The summed E-state index contributed by atoms with van der Waals surface area (Å²) in [6.45, 7) is -0.507. The lowest BCUT2D eigenvalue weighted by molar-refractivity contribution is -0.148. The number of aliphatic hydroxyl groups is 1. The van der Waals surface area contributed by atoms with Gasteiger partial charge in [0.1, 0.15) is 54.4 Å². The van der Waals surface area contributed by atoms with Gasteiger partial charge in [0.05, 0.1) is 18.7 Å². The SMILES string of the molecule is NC(N)=NCCC[C@@H](N)C(=O)N[C@@H](CCCN=C(N)N)C(=O)N1CCC[C@H]1C(=O)N1C[C@@H](O)C[C@H]1C(=O)NCC(=O)N[C@@H](Cc1cccs1)C(=O)N[C@H]1CSSC[C@@H](C(=O)N[C@@H](CCCN=C(N)N)C(=O)O)NC(=O)[C@H](Cc2ccccc2)NC(=O)[C@@H](Cc2ccccc2)NC1=O. The summed E-state index contributed by atoms with van der Waals surface area (Å²) in [5.74, 6) is -10.1. The predicted molar refractivity (Wildman–Crippen MR) is 366 cm³/mol. The van der Waals surface area contributed by atoms with Crippen LogP contribution >= 0.6 is 32.9 Å². The number of benzene rings is 2. The molecule has 1 aromatic heterocycles. The molecule has 33 nitrogen and oxygen atoms in total. The fourth-order valence-electron chi connectivity index (χ4n) is 10.9. The number of nitrogens with two attached hydrogens (primary N) is 7. The van der Waals surface area contributed by atoms with E-state index in [1.54, 1.807) is 78.2 Å². The number of thiophene rings is 1. The van der Waals surface area contributed by atoms with Crippen molar-refractivity contribution in [1.82, 2.24) is 52.3 Å². The van der Waals surface area contributed by atoms with Crippen molar-refractivity contribution in [2.24, 2.45) is 55.1 Å². The minimum Gasteiger partial charge on any atom is -0.480 e. The first-order valence-electron chi connectivity index (χ1n) is 31.5. The highest BCUT2D eigenvalue weighted by molar-refractivity contribution is 8.76. The average Bonchev–Trinajstić information content (AvgIpc) is 1.68.